The van der Waals surface area contributed by atoms with Crippen LogP contribution in [-0.4, -0.2) is 29.0 Å². The Balaban J connectivity index is 1.77. The lowest BCUT2D eigenvalue weighted by Gasteiger charge is -2.31. The minimum absolute atomic E-state index is 0.0419. The van der Waals surface area contributed by atoms with E-state index in [1.807, 2.05) is 48.5 Å². The molecule has 31 heavy (non-hydrogen) atoms. The number of nitrogens with zero attached hydrogens (tertiary/aromatic N) is 2. The number of rotatable bonds is 5. The first-order chi connectivity index (χ1) is 15.0. The van der Waals surface area contributed by atoms with Crippen LogP contribution < -0.4 is 10.3 Å². The van der Waals surface area contributed by atoms with E-state index in [1.54, 1.807) is 13.3 Å². The third kappa shape index (κ3) is 4.22. The highest BCUT2D eigenvalue weighted by Gasteiger charge is 2.26. The molecule has 0 saturated heterocycles. The molecule has 5 heteroatoms. The van der Waals surface area contributed by atoms with E-state index < -0.39 is 0 Å². The summed E-state index contributed by atoms with van der Waals surface area (Å²) in [5, 5.41) is 12.4. The van der Waals surface area contributed by atoms with Crippen LogP contribution >= 0.6 is 0 Å². The van der Waals surface area contributed by atoms with Crippen molar-refractivity contribution in [1.82, 2.24) is 4.57 Å². The number of aromatic nitrogens is 1. The molecule has 3 atom stereocenters. The fourth-order valence-electron chi connectivity index (χ4n) is 4.53. The van der Waals surface area contributed by atoms with Crippen molar-refractivity contribution < 1.29 is 9.84 Å². The van der Waals surface area contributed by atoms with Gasteiger partial charge >= 0.3 is 0 Å². The van der Waals surface area contributed by atoms with Gasteiger partial charge in [0.15, 0.2) is 0 Å². The van der Waals surface area contributed by atoms with Gasteiger partial charge in [0.2, 0.25) is 5.88 Å². The molecular weight excluding hydrogens is 388 g/mol. The van der Waals surface area contributed by atoms with E-state index in [-0.39, 0.29) is 24.0 Å². The molecule has 1 N–H and O–H groups in total. The lowest BCUT2D eigenvalue weighted by Crippen LogP contribution is -2.27. The van der Waals surface area contributed by atoms with Crippen molar-refractivity contribution in [1.29, 1.82) is 0 Å². The predicted octanol–water partition coefficient (Wildman–Crippen LogP) is 5.01. The fraction of sp³-hybridized carbons (Fsp3) is 0.385. The minimum atomic E-state index is -0.208. The molecule has 3 aromatic rings. The quantitative estimate of drug-likeness (QED) is 0.593. The molecule has 0 bridgehead atoms. The number of aromatic hydroxyl groups is 1. The number of benzene rings is 2. The molecule has 0 unspecified atom stereocenters. The zero-order chi connectivity index (χ0) is 22.0. The minimum Gasteiger partial charge on any atom is -0.497 e. The lowest BCUT2D eigenvalue weighted by atomic mass is 9.78. The second-order valence-electron chi connectivity index (χ2n) is 8.64. The van der Waals surface area contributed by atoms with E-state index in [9.17, 15) is 9.90 Å². The van der Waals surface area contributed by atoms with Crippen LogP contribution in [0.4, 0.5) is 0 Å². The Labute approximate surface area is 183 Å². The van der Waals surface area contributed by atoms with E-state index in [4.69, 9.17) is 9.73 Å². The van der Waals surface area contributed by atoms with Gasteiger partial charge in [-0.3, -0.25) is 14.4 Å². The number of hydrogen-bond acceptors (Lipinski definition) is 4. The van der Waals surface area contributed by atoms with Gasteiger partial charge in [-0.2, -0.15) is 0 Å². The second kappa shape index (κ2) is 8.96. The van der Waals surface area contributed by atoms with Crippen LogP contribution in [0.3, 0.4) is 0 Å². The van der Waals surface area contributed by atoms with Gasteiger partial charge in [-0.15, -0.1) is 0 Å². The summed E-state index contributed by atoms with van der Waals surface area (Å²) in [6.07, 6.45) is 5.26. The van der Waals surface area contributed by atoms with Gasteiger partial charge in [0.1, 0.15) is 5.75 Å². The Morgan fingerprint density at radius 2 is 1.81 bits per heavy atom. The summed E-state index contributed by atoms with van der Waals surface area (Å²) in [7, 11) is 1.62. The van der Waals surface area contributed by atoms with Gasteiger partial charge in [0, 0.05) is 17.0 Å². The van der Waals surface area contributed by atoms with Crippen molar-refractivity contribution in [2.24, 2.45) is 16.8 Å². The maximum Gasteiger partial charge on any atom is 0.261 e. The Morgan fingerprint density at radius 1 is 1.10 bits per heavy atom. The number of ether oxygens (including phenoxy) is 1. The van der Waals surface area contributed by atoms with Crippen LogP contribution in [0.25, 0.3) is 10.8 Å². The molecule has 0 radical (unpaired) electrons. The fourth-order valence-corrected chi connectivity index (χ4v) is 4.53. The summed E-state index contributed by atoms with van der Waals surface area (Å²) in [4.78, 5) is 18.0. The van der Waals surface area contributed by atoms with Crippen molar-refractivity contribution in [3.8, 4) is 11.6 Å². The first kappa shape index (κ1) is 21.2. The first-order valence-electron chi connectivity index (χ1n) is 11.0. The van der Waals surface area contributed by atoms with Crippen LogP contribution in [0.2, 0.25) is 0 Å². The summed E-state index contributed by atoms with van der Waals surface area (Å²) in [6.45, 7) is 4.82. The molecule has 1 aromatic heterocycles. The molecule has 0 amide bonds. The molecule has 0 spiro atoms. The zero-order valence-corrected chi connectivity index (χ0v) is 18.4. The van der Waals surface area contributed by atoms with Gasteiger partial charge in [0.05, 0.1) is 25.3 Å². The standard InChI is InChI=1S/C26H30N2O3/c1-17-7-6-10-24(18(17)2)27-15-23-21-8-4-5-9-22(21)25(29)28(26(23)30)16-19-11-13-20(31-3)14-12-19/h4-5,8-9,11-15,17-18,24,30H,6-7,10,16H2,1-3H3/t17-,18+,24-/m1/s1. The van der Waals surface area contributed by atoms with Crippen molar-refractivity contribution in [2.75, 3.05) is 7.11 Å². The molecule has 2 aromatic carbocycles. The van der Waals surface area contributed by atoms with Gasteiger partial charge < -0.3 is 9.84 Å². The average molecular weight is 419 g/mol. The monoisotopic (exact) mass is 418 g/mol. The number of fused-ring (bicyclic) bond motifs is 1. The first-order valence-corrected chi connectivity index (χ1v) is 11.0. The lowest BCUT2D eigenvalue weighted by molar-refractivity contribution is 0.242. The summed E-state index contributed by atoms with van der Waals surface area (Å²) in [6, 6.07) is 15.2. The molecule has 1 aliphatic rings. The smallest absolute Gasteiger partial charge is 0.261 e. The molecule has 0 aliphatic heterocycles. The molecule has 162 valence electrons. The van der Waals surface area contributed by atoms with Gasteiger partial charge in [-0.05, 0) is 42.0 Å². The van der Waals surface area contributed by atoms with E-state index in [2.05, 4.69) is 13.8 Å². The van der Waals surface area contributed by atoms with Crippen LogP contribution in [0.1, 0.15) is 44.2 Å². The van der Waals surface area contributed by atoms with Crippen molar-refractivity contribution in [2.45, 2.75) is 45.7 Å². The number of aliphatic imine (C=N–C) groups is 1. The van der Waals surface area contributed by atoms with E-state index >= 15 is 0 Å². The van der Waals surface area contributed by atoms with Crippen molar-refractivity contribution in [3.63, 3.8) is 0 Å². The molecule has 1 fully saturated rings. The number of methoxy groups -OCH3 is 1. The highest BCUT2D eigenvalue weighted by molar-refractivity contribution is 6.01. The molecular formula is C26H30N2O3. The van der Waals surface area contributed by atoms with Gasteiger partial charge in [0.25, 0.3) is 5.56 Å². The predicted molar refractivity (Wildman–Crippen MR) is 126 cm³/mol. The topological polar surface area (TPSA) is 63.8 Å². The third-order valence-electron chi connectivity index (χ3n) is 6.75. The summed E-state index contributed by atoms with van der Waals surface area (Å²) in [5.74, 6) is 1.86. The van der Waals surface area contributed by atoms with Crippen molar-refractivity contribution in [3.05, 3.63) is 70.0 Å². The highest BCUT2D eigenvalue weighted by Crippen LogP contribution is 2.32. The summed E-state index contributed by atoms with van der Waals surface area (Å²) in [5.41, 5.74) is 1.31. The molecule has 1 aliphatic carbocycles. The number of hydrogen-bond donors (Lipinski definition) is 1. The Kier molecular flexibility index (Phi) is 6.12. The maximum atomic E-state index is 13.2. The SMILES string of the molecule is COc1ccc(Cn2c(O)c(C=N[C@@H]3CCC[C@@H](C)[C@@H]3C)c3ccccc3c2=O)cc1. The van der Waals surface area contributed by atoms with Gasteiger partial charge in [-0.25, -0.2) is 0 Å². The van der Waals surface area contributed by atoms with Gasteiger partial charge in [-0.1, -0.05) is 57.0 Å². The zero-order valence-electron chi connectivity index (χ0n) is 18.4. The highest BCUT2D eigenvalue weighted by atomic mass is 16.5. The molecule has 4 rings (SSSR count). The normalized spacial score (nSPS) is 21.6. The van der Waals surface area contributed by atoms with Crippen LogP contribution in [0.15, 0.2) is 58.3 Å². The van der Waals surface area contributed by atoms with Crippen LogP contribution in [-0.2, 0) is 6.54 Å². The Hall–Kier alpha value is -3.08. The second-order valence-corrected chi connectivity index (χ2v) is 8.64. The molecule has 1 saturated carbocycles. The number of pyridine rings is 1. The molecule has 5 nitrogen and oxygen atoms in total. The van der Waals surface area contributed by atoms with Crippen LogP contribution in [0.5, 0.6) is 11.6 Å². The van der Waals surface area contributed by atoms with Crippen molar-refractivity contribution >= 4 is 17.0 Å². The molecule has 1 heterocycles. The summed E-state index contributed by atoms with van der Waals surface area (Å²) < 4.78 is 6.64. The Morgan fingerprint density at radius 3 is 2.52 bits per heavy atom. The third-order valence-corrected chi connectivity index (χ3v) is 6.75. The maximum absolute atomic E-state index is 13.2. The largest absolute Gasteiger partial charge is 0.497 e. The van der Waals surface area contributed by atoms with E-state index in [1.165, 1.54) is 17.4 Å². The summed E-state index contributed by atoms with van der Waals surface area (Å²) >= 11 is 0. The van der Waals surface area contributed by atoms with E-state index in [0.717, 1.165) is 23.1 Å². The Bertz CT molecular complexity index is 1150. The average Bonchev–Trinajstić information content (AvgIpc) is 2.79. The van der Waals surface area contributed by atoms with Crippen LogP contribution in [0, 0.1) is 11.8 Å². The van der Waals surface area contributed by atoms with E-state index in [0.29, 0.717) is 22.8 Å².